The van der Waals surface area contributed by atoms with E-state index in [4.69, 9.17) is 4.74 Å². The molecule has 0 unspecified atom stereocenters. The van der Waals surface area contributed by atoms with E-state index in [2.05, 4.69) is 21.2 Å². The second kappa shape index (κ2) is 6.28. The molecule has 0 aliphatic heterocycles. The Kier molecular flexibility index (Phi) is 4.69. The van der Waals surface area contributed by atoms with Gasteiger partial charge in [0, 0.05) is 18.3 Å². The van der Waals surface area contributed by atoms with Gasteiger partial charge in [-0.25, -0.2) is 0 Å². The number of anilines is 1. The van der Waals surface area contributed by atoms with E-state index in [9.17, 15) is 4.79 Å². The van der Waals surface area contributed by atoms with Crippen molar-refractivity contribution in [2.24, 2.45) is 0 Å². The lowest BCUT2D eigenvalue weighted by atomic mass is 10.3. The molecule has 104 valence electrons. The van der Waals surface area contributed by atoms with Crippen molar-refractivity contribution in [2.75, 3.05) is 25.5 Å². The number of ether oxygens (including phenoxy) is 1. The number of rotatable bonds is 6. The Morgan fingerprint density at radius 3 is 2.79 bits per heavy atom. The first-order chi connectivity index (χ1) is 9.15. The number of hydrogen-bond acceptors (Lipinski definition) is 3. The molecule has 5 heteroatoms. The Hall–Kier alpha value is -1.23. The summed E-state index contributed by atoms with van der Waals surface area (Å²) >= 11 is 3.43. The summed E-state index contributed by atoms with van der Waals surface area (Å²) in [6, 6.07) is 6.17. The molecule has 0 heterocycles. The Labute approximate surface area is 122 Å². The fraction of sp³-hybridized carbons (Fsp3) is 0.500. The SMILES string of the molecule is CCN(C(=O)CNc1ccc(OC)c(Br)c1)C1CC1. The summed E-state index contributed by atoms with van der Waals surface area (Å²) in [7, 11) is 1.63. The van der Waals surface area contributed by atoms with Crippen LogP contribution in [-0.4, -0.2) is 37.0 Å². The highest BCUT2D eigenvalue weighted by atomic mass is 79.9. The summed E-state index contributed by atoms with van der Waals surface area (Å²) < 4.78 is 6.05. The first-order valence-corrected chi connectivity index (χ1v) is 7.32. The highest BCUT2D eigenvalue weighted by molar-refractivity contribution is 9.10. The first-order valence-electron chi connectivity index (χ1n) is 6.52. The fourth-order valence-electron chi connectivity index (χ4n) is 2.08. The van der Waals surface area contributed by atoms with Crippen LogP contribution in [-0.2, 0) is 4.79 Å². The minimum absolute atomic E-state index is 0.164. The zero-order valence-electron chi connectivity index (χ0n) is 11.3. The summed E-state index contributed by atoms with van der Waals surface area (Å²) in [5.74, 6) is 0.946. The fourth-order valence-corrected chi connectivity index (χ4v) is 2.62. The van der Waals surface area contributed by atoms with Crippen LogP contribution in [0.1, 0.15) is 19.8 Å². The molecule has 0 aromatic heterocycles. The van der Waals surface area contributed by atoms with Gasteiger partial charge in [-0.05, 0) is 53.9 Å². The molecular formula is C14H19BrN2O2. The maximum Gasteiger partial charge on any atom is 0.242 e. The number of benzene rings is 1. The van der Waals surface area contributed by atoms with Gasteiger partial charge >= 0.3 is 0 Å². The van der Waals surface area contributed by atoms with E-state index in [1.807, 2.05) is 30.0 Å². The number of carbonyl (C=O) groups is 1. The van der Waals surface area contributed by atoms with Crippen molar-refractivity contribution < 1.29 is 9.53 Å². The maximum atomic E-state index is 12.1. The molecule has 1 aromatic carbocycles. The highest BCUT2D eigenvalue weighted by Crippen LogP contribution is 2.28. The van der Waals surface area contributed by atoms with Crippen LogP contribution in [0.25, 0.3) is 0 Å². The second-order valence-electron chi connectivity index (χ2n) is 4.61. The molecule has 1 N–H and O–H groups in total. The lowest BCUT2D eigenvalue weighted by Gasteiger charge is -2.20. The van der Waals surface area contributed by atoms with Crippen molar-refractivity contribution in [2.45, 2.75) is 25.8 Å². The van der Waals surface area contributed by atoms with Gasteiger partial charge in [0.05, 0.1) is 18.1 Å². The van der Waals surface area contributed by atoms with E-state index >= 15 is 0 Å². The molecule has 1 amide bonds. The van der Waals surface area contributed by atoms with E-state index in [1.54, 1.807) is 7.11 Å². The summed E-state index contributed by atoms with van der Waals surface area (Å²) in [5, 5.41) is 3.16. The monoisotopic (exact) mass is 326 g/mol. The van der Waals surface area contributed by atoms with Gasteiger partial charge in [0.15, 0.2) is 0 Å². The lowest BCUT2D eigenvalue weighted by molar-refractivity contribution is -0.129. The molecule has 19 heavy (non-hydrogen) atoms. The molecule has 1 aliphatic carbocycles. The third-order valence-corrected chi connectivity index (χ3v) is 3.86. The summed E-state index contributed by atoms with van der Waals surface area (Å²) in [6.45, 7) is 3.15. The third-order valence-electron chi connectivity index (χ3n) is 3.24. The van der Waals surface area contributed by atoms with E-state index < -0.39 is 0 Å². The molecule has 0 atom stereocenters. The zero-order chi connectivity index (χ0) is 13.8. The average molecular weight is 327 g/mol. The van der Waals surface area contributed by atoms with E-state index in [-0.39, 0.29) is 5.91 Å². The number of halogens is 1. The van der Waals surface area contributed by atoms with Gasteiger partial charge in [-0.3, -0.25) is 4.79 Å². The van der Waals surface area contributed by atoms with Crippen LogP contribution in [0.5, 0.6) is 5.75 Å². The van der Waals surface area contributed by atoms with Crippen molar-refractivity contribution in [1.82, 2.24) is 4.90 Å². The number of likely N-dealkylation sites (N-methyl/N-ethyl adjacent to an activating group) is 1. The molecule has 1 aromatic rings. The van der Waals surface area contributed by atoms with E-state index in [0.717, 1.165) is 35.3 Å². The largest absolute Gasteiger partial charge is 0.496 e. The summed E-state index contributed by atoms with van der Waals surface area (Å²) in [4.78, 5) is 14.0. The van der Waals surface area contributed by atoms with Gasteiger partial charge in [-0.2, -0.15) is 0 Å². The van der Waals surface area contributed by atoms with Gasteiger partial charge in [-0.15, -0.1) is 0 Å². The quantitative estimate of drug-likeness (QED) is 0.874. The van der Waals surface area contributed by atoms with Gasteiger partial charge in [0.25, 0.3) is 0 Å². The van der Waals surface area contributed by atoms with E-state index in [0.29, 0.717) is 12.6 Å². The molecule has 4 nitrogen and oxygen atoms in total. The Morgan fingerprint density at radius 1 is 1.53 bits per heavy atom. The van der Waals surface area contributed by atoms with Crippen LogP contribution in [0, 0.1) is 0 Å². The minimum atomic E-state index is 0.164. The van der Waals surface area contributed by atoms with Crippen LogP contribution >= 0.6 is 15.9 Å². The number of hydrogen-bond donors (Lipinski definition) is 1. The zero-order valence-corrected chi connectivity index (χ0v) is 12.9. The minimum Gasteiger partial charge on any atom is -0.496 e. The molecule has 2 rings (SSSR count). The van der Waals surface area contributed by atoms with Crippen molar-refractivity contribution >= 4 is 27.5 Å². The first kappa shape index (κ1) is 14.2. The third kappa shape index (κ3) is 3.62. The number of carbonyl (C=O) groups excluding carboxylic acids is 1. The molecule has 0 bridgehead atoms. The van der Waals surface area contributed by atoms with Crippen molar-refractivity contribution in [3.63, 3.8) is 0 Å². The van der Waals surface area contributed by atoms with Crippen LogP contribution in [0.2, 0.25) is 0 Å². The van der Waals surface area contributed by atoms with Crippen LogP contribution in [0.15, 0.2) is 22.7 Å². The molecule has 0 spiro atoms. The smallest absolute Gasteiger partial charge is 0.242 e. The molecule has 0 saturated heterocycles. The normalized spacial score (nSPS) is 14.1. The van der Waals surface area contributed by atoms with Crippen molar-refractivity contribution in [3.05, 3.63) is 22.7 Å². The standard InChI is InChI=1S/C14H19BrN2O2/c1-3-17(11-5-6-11)14(18)9-16-10-4-7-13(19-2)12(15)8-10/h4,7-8,11,16H,3,5-6,9H2,1-2H3. The van der Waals surface area contributed by atoms with Crippen LogP contribution in [0.3, 0.4) is 0 Å². The van der Waals surface area contributed by atoms with Crippen molar-refractivity contribution in [3.8, 4) is 5.75 Å². The highest BCUT2D eigenvalue weighted by Gasteiger charge is 2.30. The van der Waals surface area contributed by atoms with Gasteiger partial charge in [-0.1, -0.05) is 0 Å². The van der Waals surface area contributed by atoms with E-state index in [1.165, 1.54) is 0 Å². The van der Waals surface area contributed by atoms with Crippen LogP contribution in [0.4, 0.5) is 5.69 Å². The summed E-state index contributed by atoms with van der Waals surface area (Å²) in [6.07, 6.45) is 2.29. The Morgan fingerprint density at radius 2 is 2.26 bits per heavy atom. The Bertz CT molecular complexity index is 461. The lowest BCUT2D eigenvalue weighted by Crippen LogP contribution is -2.37. The average Bonchev–Trinajstić information content (AvgIpc) is 3.22. The molecule has 1 fully saturated rings. The predicted molar refractivity (Wildman–Crippen MR) is 79.6 cm³/mol. The number of methoxy groups -OCH3 is 1. The molecular weight excluding hydrogens is 308 g/mol. The predicted octanol–water partition coefficient (Wildman–Crippen LogP) is 2.88. The van der Waals surface area contributed by atoms with Gasteiger partial charge in [0.1, 0.15) is 5.75 Å². The molecule has 1 saturated carbocycles. The topological polar surface area (TPSA) is 41.6 Å². The second-order valence-corrected chi connectivity index (χ2v) is 5.47. The maximum absolute atomic E-state index is 12.1. The number of nitrogens with one attached hydrogen (secondary N) is 1. The van der Waals surface area contributed by atoms with Crippen molar-refractivity contribution in [1.29, 1.82) is 0 Å². The summed E-state index contributed by atoms with van der Waals surface area (Å²) in [5.41, 5.74) is 0.910. The number of amides is 1. The molecule has 1 aliphatic rings. The molecule has 0 radical (unpaired) electrons. The van der Waals surface area contributed by atoms with Gasteiger partial charge < -0.3 is 15.0 Å². The Balaban J connectivity index is 1.91. The van der Waals surface area contributed by atoms with Gasteiger partial charge in [0.2, 0.25) is 5.91 Å². The van der Waals surface area contributed by atoms with Crippen LogP contribution < -0.4 is 10.1 Å². The number of nitrogens with zero attached hydrogens (tertiary/aromatic N) is 1.